The van der Waals surface area contributed by atoms with Gasteiger partial charge >= 0.3 is 0 Å². The molecule has 1 aliphatic carbocycles. The van der Waals surface area contributed by atoms with Crippen molar-refractivity contribution in [2.45, 2.75) is 26.2 Å². The quantitative estimate of drug-likeness (QED) is 0.392. The molecule has 1 rings (SSSR count). The topological polar surface area (TPSA) is 0 Å². The highest BCUT2D eigenvalue weighted by Crippen LogP contribution is 2.23. The van der Waals surface area contributed by atoms with Crippen molar-refractivity contribution < 1.29 is 0 Å². The smallest absolute Gasteiger partial charge is 0.0254 e. The van der Waals surface area contributed by atoms with Gasteiger partial charge in [-0.2, -0.15) is 0 Å². The molecule has 0 amide bonds. The molecular weight excluding hydrogens is 132 g/mol. The second-order valence-corrected chi connectivity index (χ2v) is 3.15. The second kappa shape index (κ2) is 3.26. The van der Waals surface area contributed by atoms with E-state index in [1.165, 1.54) is 24.8 Å². The van der Waals surface area contributed by atoms with E-state index in [0.717, 1.165) is 11.8 Å². The predicted molar refractivity (Wildman–Crippen MR) is 41.8 cm³/mol. The standard InChI is InChI=1S/C8H13Cl/c1-7-2-4-8(6-9)5-3-7/h2,8H,3-6H2,1H3. The van der Waals surface area contributed by atoms with Crippen molar-refractivity contribution in [3.63, 3.8) is 0 Å². The molecule has 0 aliphatic heterocycles. The number of halogens is 1. The molecule has 0 aromatic carbocycles. The molecule has 0 aromatic rings. The van der Waals surface area contributed by atoms with Gasteiger partial charge in [-0.1, -0.05) is 11.6 Å². The maximum Gasteiger partial charge on any atom is 0.0254 e. The van der Waals surface area contributed by atoms with Crippen LogP contribution >= 0.6 is 11.6 Å². The highest BCUT2D eigenvalue weighted by atomic mass is 35.5. The van der Waals surface area contributed by atoms with Crippen LogP contribution < -0.4 is 0 Å². The van der Waals surface area contributed by atoms with Crippen LogP contribution in [0.3, 0.4) is 0 Å². The molecule has 52 valence electrons. The van der Waals surface area contributed by atoms with E-state index in [1.54, 1.807) is 0 Å². The Labute approximate surface area is 61.9 Å². The van der Waals surface area contributed by atoms with Crippen molar-refractivity contribution >= 4 is 11.6 Å². The lowest BCUT2D eigenvalue weighted by Gasteiger charge is -2.16. The second-order valence-electron chi connectivity index (χ2n) is 2.85. The minimum absolute atomic E-state index is 0.760. The molecule has 0 saturated carbocycles. The molecule has 0 fully saturated rings. The van der Waals surface area contributed by atoms with Gasteiger partial charge in [0.15, 0.2) is 0 Å². The van der Waals surface area contributed by atoms with E-state index in [-0.39, 0.29) is 0 Å². The van der Waals surface area contributed by atoms with Crippen LogP contribution in [-0.2, 0) is 0 Å². The zero-order valence-electron chi connectivity index (χ0n) is 5.86. The first-order valence-corrected chi connectivity index (χ1v) is 4.08. The van der Waals surface area contributed by atoms with Crippen LogP contribution in [0.1, 0.15) is 26.2 Å². The molecule has 0 N–H and O–H groups in total. The predicted octanol–water partition coefficient (Wildman–Crippen LogP) is 2.97. The molecule has 1 heteroatoms. The van der Waals surface area contributed by atoms with E-state index in [4.69, 9.17) is 11.6 Å². The Morgan fingerprint density at radius 2 is 2.56 bits per heavy atom. The van der Waals surface area contributed by atoms with Gasteiger partial charge in [-0.05, 0) is 32.1 Å². The molecule has 1 aliphatic rings. The summed E-state index contributed by atoms with van der Waals surface area (Å²) in [6.45, 7) is 2.20. The summed E-state index contributed by atoms with van der Waals surface area (Å²) in [6.07, 6.45) is 6.08. The van der Waals surface area contributed by atoms with Gasteiger partial charge in [-0.15, -0.1) is 11.6 Å². The third-order valence-electron chi connectivity index (χ3n) is 1.96. The van der Waals surface area contributed by atoms with Crippen LogP contribution in [0.4, 0.5) is 0 Å². The number of hydrogen-bond acceptors (Lipinski definition) is 0. The number of rotatable bonds is 1. The van der Waals surface area contributed by atoms with Crippen molar-refractivity contribution in [1.82, 2.24) is 0 Å². The van der Waals surface area contributed by atoms with Gasteiger partial charge in [0.25, 0.3) is 0 Å². The fourth-order valence-electron chi connectivity index (χ4n) is 1.16. The van der Waals surface area contributed by atoms with Gasteiger partial charge in [-0.25, -0.2) is 0 Å². The maximum atomic E-state index is 5.70. The van der Waals surface area contributed by atoms with Crippen molar-refractivity contribution in [3.8, 4) is 0 Å². The van der Waals surface area contributed by atoms with Gasteiger partial charge in [-0.3, -0.25) is 0 Å². The molecule has 0 spiro atoms. The summed E-state index contributed by atoms with van der Waals surface area (Å²) in [5.41, 5.74) is 1.54. The van der Waals surface area contributed by atoms with E-state index in [0.29, 0.717) is 0 Å². The lowest BCUT2D eigenvalue weighted by Crippen LogP contribution is -2.05. The summed E-state index contributed by atoms with van der Waals surface area (Å²) in [6, 6.07) is 0. The van der Waals surface area contributed by atoms with Gasteiger partial charge < -0.3 is 0 Å². The van der Waals surface area contributed by atoms with E-state index in [9.17, 15) is 0 Å². The molecule has 0 saturated heterocycles. The van der Waals surface area contributed by atoms with Crippen LogP contribution in [0, 0.1) is 5.92 Å². The summed E-state index contributed by atoms with van der Waals surface area (Å²) in [5.74, 6) is 1.60. The molecule has 0 bridgehead atoms. The Bertz CT molecular complexity index is 116. The lowest BCUT2D eigenvalue weighted by molar-refractivity contribution is 0.520. The molecule has 0 aromatic heterocycles. The van der Waals surface area contributed by atoms with E-state index in [2.05, 4.69) is 13.0 Å². The van der Waals surface area contributed by atoms with Crippen LogP contribution in [0.5, 0.6) is 0 Å². The summed E-state index contributed by atoms with van der Waals surface area (Å²) < 4.78 is 0. The third kappa shape index (κ3) is 2.02. The summed E-state index contributed by atoms with van der Waals surface area (Å²) in [4.78, 5) is 0. The molecule has 1 unspecified atom stereocenters. The first-order valence-electron chi connectivity index (χ1n) is 3.54. The highest BCUT2D eigenvalue weighted by Gasteiger charge is 2.09. The number of hydrogen-bond donors (Lipinski definition) is 0. The van der Waals surface area contributed by atoms with E-state index < -0.39 is 0 Å². The Kier molecular flexibility index (Phi) is 2.59. The zero-order chi connectivity index (χ0) is 6.69. The van der Waals surface area contributed by atoms with Crippen LogP contribution in [-0.4, -0.2) is 5.88 Å². The first kappa shape index (κ1) is 7.14. The minimum atomic E-state index is 0.760. The minimum Gasteiger partial charge on any atom is -0.126 e. The van der Waals surface area contributed by atoms with E-state index >= 15 is 0 Å². The first-order chi connectivity index (χ1) is 4.33. The average Bonchev–Trinajstić information content (AvgIpc) is 1.90. The van der Waals surface area contributed by atoms with Gasteiger partial charge in [0, 0.05) is 5.88 Å². The molecule has 0 radical (unpaired) electrons. The number of alkyl halides is 1. The zero-order valence-corrected chi connectivity index (χ0v) is 6.62. The molecule has 1 atom stereocenters. The van der Waals surface area contributed by atoms with Crippen LogP contribution in [0.15, 0.2) is 11.6 Å². The van der Waals surface area contributed by atoms with Crippen molar-refractivity contribution in [2.24, 2.45) is 5.92 Å². The highest BCUT2D eigenvalue weighted by molar-refractivity contribution is 6.18. The normalized spacial score (nSPS) is 27.8. The molecule has 0 heterocycles. The van der Waals surface area contributed by atoms with Crippen LogP contribution in [0.2, 0.25) is 0 Å². The summed E-state index contributed by atoms with van der Waals surface area (Å²) in [5, 5.41) is 0. The van der Waals surface area contributed by atoms with Crippen molar-refractivity contribution in [1.29, 1.82) is 0 Å². The van der Waals surface area contributed by atoms with Gasteiger partial charge in [0.1, 0.15) is 0 Å². The Balaban J connectivity index is 2.36. The number of allylic oxidation sites excluding steroid dienone is 2. The Morgan fingerprint density at radius 3 is 3.00 bits per heavy atom. The SMILES string of the molecule is CC1=CCC(CCl)CC1. The Hall–Kier alpha value is 0.0300. The molecule has 0 nitrogen and oxygen atoms in total. The van der Waals surface area contributed by atoms with Crippen molar-refractivity contribution in [2.75, 3.05) is 5.88 Å². The lowest BCUT2D eigenvalue weighted by atomic mass is 9.92. The third-order valence-corrected chi connectivity index (χ3v) is 2.40. The Morgan fingerprint density at radius 1 is 1.78 bits per heavy atom. The fraction of sp³-hybridized carbons (Fsp3) is 0.750. The summed E-state index contributed by atoms with van der Waals surface area (Å²) >= 11 is 5.70. The monoisotopic (exact) mass is 144 g/mol. The van der Waals surface area contributed by atoms with Crippen LogP contribution in [0.25, 0.3) is 0 Å². The average molecular weight is 145 g/mol. The fourth-order valence-corrected chi connectivity index (χ4v) is 1.44. The molecule has 9 heavy (non-hydrogen) atoms. The van der Waals surface area contributed by atoms with Crippen molar-refractivity contribution in [3.05, 3.63) is 11.6 Å². The summed E-state index contributed by atoms with van der Waals surface area (Å²) in [7, 11) is 0. The van der Waals surface area contributed by atoms with Gasteiger partial charge in [0.05, 0.1) is 0 Å². The molecular formula is C8H13Cl. The van der Waals surface area contributed by atoms with E-state index in [1.807, 2.05) is 0 Å². The largest absolute Gasteiger partial charge is 0.126 e. The van der Waals surface area contributed by atoms with Gasteiger partial charge in [0.2, 0.25) is 0 Å². The maximum absolute atomic E-state index is 5.70.